The largest absolute Gasteiger partial charge is 0.463 e. The van der Waals surface area contributed by atoms with Crippen LogP contribution in [0.1, 0.15) is 78.0 Å². The van der Waals surface area contributed by atoms with Crippen LogP contribution in [-0.2, 0) is 32.2 Å². The number of thiophene rings is 1. The lowest BCUT2D eigenvalue weighted by molar-refractivity contribution is 0.0209. The number of nitrogens with zero attached hydrogens (tertiary/aromatic N) is 7. The third-order valence-electron chi connectivity index (χ3n) is 10.9. The molecule has 0 saturated carbocycles. The number of pyridine rings is 1. The maximum absolute atomic E-state index is 17.8. The molecule has 3 fully saturated rings. The molecule has 15 nitrogen and oxygen atoms in total. The number of carbonyl (C=O) groups excluding carboxylic acids is 2. The second kappa shape index (κ2) is 16.1. The number of hydrogen-bond acceptors (Lipinski definition) is 14. The minimum Gasteiger partial charge on any atom is -0.463 e. The number of benzene rings is 1. The molecule has 3 aromatic heterocycles. The molecule has 18 heteroatoms. The molecular weight excluding hydrogens is 799 g/mol. The topological polar surface area (TPSA) is 164 Å². The predicted octanol–water partition coefficient (Wildman–Crippen LogP) is 7.37. The number of nitrogens with one attached hydrogen (secondary N) is 1. The van der Waals surface area contributed by atoms with Crippen molar-refractivity contribution in [3.8, 4) is 23.3 Å². The Labute approximate surface area is 350 Å². The first-order chi connectivity index (χ1) is 28.5. The number of amides is 2. The summed E-state index contributed by atoms with van der Waals surface area (Å²) in [5, 5.41) is 13.6. The Morgan fingerprint density at radius 2 is 1.68 bits per heavy atom. The molecule has 0 radical (unpaired) electrons. The van der Waals surface area contributed by atoms with Crippen LogP contribution in [0.4, 0.5) is 29.2 Å². The number of aromatic nitrogens is 3. The number of halogens is 2. The Morgan fingerprint density at radius 3 is 2.35 bits per heavy atom. The van der Waals surface area contributed by atoms with E-state index < -0.39 is 28.9 Å². The van der Waals surface area contributed by atoms with Gasteiger partial charge in [-0.05, 0) is 65.5 Å². The van der Waals surface area contributed by atoms with Crippen LogP contribution in [0.25, 0.3) is 32.2 Å². The molecule has 60 heavy (non-hydrogen) atoms. The van der Waals surface area contributed by atoms with Crippen molar-refractivity contribution < 1.29 is 42.1 Å². The monoisotopic (exact) mass is 848 g/mol. The summed E-state index contributed by atoms with van der Waals surface area (Å²) in [7, 11) is 0. The van der Waals surface area contributed by atoms with Crippen molar-refractivity contribution in [2.45, 2.75) is 97.8 Å². The van der Waals surface area contributed by atoms with Crippen molar-refractivity contribution in [2.24, 2.45) is 5.92 Å². The number of nitriles is 1. The fourth-order valence-electron chi connectivity index (χ4n) is 8.56. The smallest absolute Gasteiger partial charge is 0.412 e. The molecular formula is C42H50F2N8O7S. The number of hydrogen-bond donors (Lipinski definition) is 1. The van der Waals surface area contributed by atoms with Gasteiger partial charge in [0.2, 0.25) is 0 Å². The molecule has 7 heterocycles. The van der Waals surface area contributed by atoms with Crippen LogP contribution in [0.15, 0.2) is 6.20 Å². The summed E-state index contributed by atoms with van der Waals surface area (Å²) in [5.41, 5.74) is -0.504. The van der Waals surface area contributed by atoms with E-state index in [1.165, 1.54) is 0 Å². The van der Waals surface area contributed by atoms with E-state index in [0.717, 1.165) is 50.0 Å². The summed E-state index contributed by atoms with van der Waals surface area (Å²) < 4.78 is 62.4. The zero-order chi connectivity index (χ0) is 42.7. The van der Waals surface area contributed by atoms with E-state index in [1.807, 2.05) is 20.8 Å². The number of ether oxygens (including phenoxy) is 5. The Bertz CT molecular complexity index is 2370. The van der Waals surface area contributed by atoms with E-state index in [2.05, 4.69) is 33.1 Å². The Kier molecular flexibility index (Phi) is 11.2. The molecule has 320 valence electrons. The van der Waals surface area contributed by atoms with Crippen molar-refractivity contribution in [2.75, 3.05) is 62.8 Å². The Balaban J connectivity index is 1.25. The number of fused-ring (bicyclic) bond motifs is 6. The first-order valence-corrected chi connectivity index (χ1v) is 21.1. The van der Waals surface area contributed by atoms with Gasteiger partial charge in [-0.3, -0.25) is 15.2 Å². The molecule has 2 amide bonds. The molecule has 0 spiro atoms. The van der Waals surface area contributed by atoms with Gasteiger partial charge >= 0.3 is 18.2 Å². The second-order valence-electron chi connectivity index (χ2n) is 17.9. The zero-order valence-electron chi connectivity index (χ0n) is 34.9. The summed E-state index contributed by atoms with van der Waals surface area (Å²) in [5.74, 6) is -0.944. The number of morpholine rings is 1. The standard InChI is InChI=1S/C42H50F2N8O7S/c1-22(16-50-10-12-55-13-11-50)19-57-38-47-34-31(36(48-38)52-23-8-9-24(52)18-51(17-23)40(54)59-42(5,6)7)27-21-56-20-26(27)29(32(34)44)33-30-25(14-45)37(49-39(53)58-41(2,3)4)60-35(30)28(43)15-46-33/h15,22-24H,8-13,16-21H2,1-7H3,(H,49,53). The predicted molar refractivity (Wildman–Crippen MR) is 220 cm³/mol. The molecule has 2 bridgehead atoms. The molecule has 3 unspecified atom stereocenters. The minimum absolute atomic E-state index is 0.00312. The van der Waals surface area contributed by atoms with Crippen molar-refractivity contribution >= 4 is 55.3 Å². The van der Waals surface area contributed by atoms with Crippen LogP contribution < -0.4 is 15.0 Å². The minimum atomic E-state index is -0.838. The van der Waals surface area contributed by atoms with Crippen LogP contribution in [0.5, 0.6) is 6.01 Å². The fourth-order valence-corrected chi connectivity index (χ4v) is 9.60. The molecule has 4 aromatic rings. The molecule has 4 aliphatic rings. The number of carbonyl (C=O) groups is 2. The van der Waals surface area contributed by atoms with Gasteiger partial charge in [-0.15, -0.1) is 11.3 Å². The van der Waals surface area contributed by atoms with E-state index in [0.29, 0.717) is 48.6 Å². The van der Waals surface area contributed by atoms with Gasteiger partial charge in [-0.2, -0.15) is 15.2 Å². The summed E-state index contributed by atoms with van der Waals surface area (Å²) in [6.45, 7) is 17.5. The molecule has 1 N–H and O–H groups in total. The molecule has 4 aliphatic heterocycles. The highest BCUT2D eigenvalue weighted by molar-refractivity contribution is 7.23. The van der Waals surface area contributed by atoms with Gasteiger partial charge in [0.15, 0.2) is 11.6 Å². The molecule has 3 atom stereocenters. The van der Waals surface area contributed by atoms with Crippen molar-refractivity contribution in [1.82, 2.24) is 24.8 Å². The lowest BCUT2D eigenvalue weighted by atomic mass is 9.93. The maximum Gasteiger partial charge on any atom is 0.412 e. The fraction of sp³-hybridized carbons (Fsp3) is 0.571. The molecule has 0 aliphatic carbocycles. The first kappa shape index (κ1) is 41.8. The molecule has 3 saturated heterocycles. The van der Waals surface area contributed by atoms with Gasteiger partial charge in [0.1, 0.15) is 33.6 Å². The highest BCUT2D eigenvalue weighted by Gasteiger charge is 2.45. The van der Waals surface area contributed by atoms with Gasteiger partial charge < -0.3 is 33.5 Å². The number of likely N-dealkylation sites (tertiary alicyclic amines) is 1. The van der Waals surface area contributed by atoms with E-state index >= 15 is 8.78 Å². The van der Waals surface area contributed by atoms with Gasteiger partial charge in [0.25, 0.3) is 0 Å². The van der Waals surface area contributed by atoms with Gasteiger partial charge in [0.05, 0.1) is 60.6 Å². The van der Waals surface area contributed by atoms with Crippen LogP contribution in [0, 0.1) is 28.9 Å². The van der Waals surface area contributed by atoms with Gasteiger partial charge in [-0.1, -0.05) is 6.92 Å². The summed E-state index contributed by atoms with van der Waals surface area (Å²) in [6, 6.07) is 1.77. The summed E-state index contributed by atoms with van der Waals surface area (Å²) in [6.07, 6.45) is 1.31. The van der Waals surface area contributed by atoms with Gasteiger partial charge in [0, 0.05) is 61.7 Å². The van der Waals surface area contributed by atoms with E-state index in [4.69, 9.17) is 33.7 Å². The Morgan fingerprint density at radius 1 is 1.00 bits per heavy atom. The number of rotatable bonds is 8. The van der Waals surface area contributed by atoms with E-state index in [9.17, 15) is 14.9 Å². The van der Waals surface area contributed by atoms with Crippen molar-refractivity contribution in [1.29, 1.82) is 5.26 Å². The highest BCUT2D eigenvalue weighted by atomic mass is 32.1. The lowest BCUT2D eigenvalue weighted by Gasteiger charge is -2.42. The van der Waals surface area contributed by atoms with E-state index in [-0.39, 0.29) is 87.4 Å². The highest BCUT2D eigenvalue weighted by Crippen LogP contribution is 2.48. The SMILES string of the molecule is CC(COc1nc(N2C3CCC2CN(C(=O)OC(C)(C)C)C3)c2c3c(c(-c4ncc(F)c5sc(NC(=O)OC(C)(C)C)c(C#N)c45)c(F)c2n1)COC3)CN1CCOCC1. The third kappa shape index (κ3) is 8.24. The van der Waals surface area contributed by atoms with E-state index in [1.54, 1.807) is 25.7 Å². The quantitative estimate of drug-likeness (QED) is 0.187. The van der Waals surface area contributed by atoms with Crippen molar-refractivity contribution in [3.05, 3.63) is 34.5 Å². The van der Waals surface area contributed by atoms with Gasteiger partial charge in [-0.25, -0.2) is 18.4 Å². The summed E-state index contributed by atoms with van der Waals surface area (Å²) >= 11 is 0.836. The molecule has 1 aromatic carbocycles. The van der Waals surface area contributed by atoms with Crippen LogP contribution in [0.2, 0.25) is 0 Å². The van der Waals surface area contributed by atoms with Crippen molar-refractivity contribution in [3.63, 3.8) is 0 Å². The zero-order valence-corrected chi connectivity index (χ0v) is 35.8. The molecule has 8 rings (SSSR count). The second-order valence-corrected chi connectivity index (χ2v) is 18.9. The van der Waals surface area contributed by atoms with Crippen LogP contribution in [-0.4, -0.2) is 113 Å². The average molecular weight is 849 g/mol. The maximum atomic E-state index is 17.8. The van der Waals surface area contributed by atoms with Crippen LogP contribution >= 0.6 is 11.3 Å². The number of anilines is 2. The third-order valence-corrected chi connectivity index (χ3v) is 12.1. The summed E-state index contributed by atoms with van der Waals surface area (Å²) in [4.78, 5) is 46.5. The van der Waals surface area contributed by atoms with Crippen LogP contribution in [0.3, 0.4) is 0 Å². The average Bonchev–Trinajstić information content (AvgIpc) is 3.87. The number of piperazine rings is 1. The normalized spacial score (nSPS) is 20.0. The lowest BCUT2D eigenvalue weighted by Crippen LogP contribution is -2.56. The Hall–Kier alpha value is -4.96. The first-order valence-electron chi connectivity index (χ1n) is 20.3.